The lowest BCUT2D eigenvalue weighted by molar-refractivity contribution is -0.0891. The summed E-state index contributed by atoms with van der Waals surface area (Å²) in [4.78, 5) is 0.117. The van der Waals surface area contributed by atoms with E-state index >= 15 is 0 Å². The lowest BCUT2D eigenvalue weighted by atomic mass is 9.98. The standard InChI is InChI=1S/C21H29ClN4O5S/c22-15-3-6-17(7-4-15)32(29,30)24-18-8-5-16(31-19(18)14-27)9-12-26-13-20(23-25-26)21(28)10-1-2-11-21/h3-4,6-7,13,16,18-19,24,27-28H,1-2,5,8-12,14H2/t16-,18+,19-/m1/s1. The van der Waals surface area contributed by atoms with E-state index in [4.69, 9.17) is 16.3 Å². The van der Waals surface area contributed by atoms with Gasteiger partial charge in [0.2, 0.25) is 10.0 Å². The molecule has 0 bridgehead atoms. The summed E-state index contributed by atoms with van der Waals surface area (Å²) in [5.74, 6) is 0. The maximum Gasteiger partial charge on any atom is 0.240 e. The van der Waals surface area contributed by atoms with Gasteiger partial charge in [0.25, 0.3) is 0 Å². The Bertz CT molecular complexity index is 1010. The lowest BCUT2D eigenvalue weighted by Crippen LogP contribution is -2.50. The molecule has 0 amide bonds. The van der Waals surface area contributed by atoms with Crippen LogP contribution < -0.4 is 4.72 Å². The fourth-order valence-corrected chi connectivity index (χ4v) is 5.90. The van der Waals surface area contributed by atoms with Crippen molar-refractivity contribution in [2.75, 3.05) is 6.61 Å². The third-order valence-corrected chi connectivity index (χ3v) is 8.11. The van der Waals surface area contributed by atoms with E-state index in [2.05, 4.69) is 15.0 Å². The summed E-state index contributed by atoms with van der Waals surface area (Å²) in [5, 5.41) is 29.2. The maximum absolute atomic E-state index is 12.7. The summed E-state index contributed by atoms with van der Waals surface area (Å²) in [5.41, 5.74) is -0.250. The number of benzene rings is 1. The molecule has 2 aromatic rings. The number of aromatic nitrogens is 3. The number of sulfonamides is 1. The highest BCUT2D eigenvalue weighted by molar-refractivity contribution is 7.89. The first-order valence-electron chi connectivity index (χ1n) is 11.0. The largest absolute Gasteiger partial charge is 0.394 e. The van der Waals surface area contributed by atoms with Crippen molar-refractivity contribution in [3.63, 3.8) is 0 Å². The number of nitrogens with zero attached hydrogens (tertiary/aromatic N) is 3. The Hall–Kier alpha value is -1.56. The average molecular weight is 485 g/mol. The van der Waals surface area contributed by atoms with Gasteiger partial charge < -0.3 is 14.9 Å². The van der Waals surface area contributed by atoms with Gasteiger partial charge in [-0.25, -0.2) is 13.1 Å². The molecule has 0 radical (unpaired) electrons. The van der Waals surface area contributed by atoms with E-state index in [1.165, 1.54) is 24.3 Å². The number of hydrogen-bond acceptors (Lipinski definition) is 7. The van der Waals surface area contributed by atoms with Crippen LogP contribution in [0.2, 0.25) is 5.02 Å². The number of ether oxygens (including phenoxy) is 1. The highest BCUT2D eigenvalue weighted by Gasteiger charge is 2.36. The van der Waals surface area contributed by atoms with E-state index < -0.39 is 27.8 Å². The molecule has 2 aliphatic rings. The highest BCUT2D eigenvalue weighted by Crippen LogP contribution is 2.37. The van der Waals surface area contributed by atoms with Gasteiger partial charge in [-0.1, -0.05) is 29.7 Å². The van der Waals surface area contributed by atoms with Gasteiger partial charge in [0.15, 0.2) is 0 Å². The van der Waals surface area contributed by atoms with Crippen molar-refractivity contribution in [3.8, 4) is 0 Å². The molecule has 1 saturated carbocycles. The second-order valence-corrected chi connectivity index (χ2v) is 10.8. The van der Waals surface area contributed by atoms with Gasteiger partial charge >= 0.3 is 0 Å². The molecule has 32 heavy (non-hydrogen) atoms. The van der Waals surface area contributed by atoms with Crippen LogP contribution in [0.1, 0.15) is 50.6 Å². The van der Waals surface area contributed by atoms with Crippen LogP contribution in [0.5, 0.6) is 0 Å². The molecule has 0 spiro atoms. The smallest absolute Gasteiger partial charge is 0.240 e. The number of hydrogen-bond donors (Lipinski definition) is 3. The van der Waals surface area contributed by atoms with Crippen LogP contribution in [-0.2, 0) is 26.9 Å². The zero-order chi connectivity index (χ0) is 22.8. The second kappa shape index (κ2) is 9.74. The van der Waals surface area contributed by atoms with Gasteiger partial charge in [-0.3, -0.25) is 4.68 Å². The predicted octanol–water partition coefficient (Wildman–Crippen LogP) is 1.97. The molecule has 1 aromatic carbocycles. The van der Waals surface area contributed by atoms with Gasteiger partial charge in [0, 0.05) is 11.6 Å². The number of aliphatic hydroxyl groups excluding tert-OH is 1. The van der Waals surface area contributed by atoms with Gasteiger partial charge in [-0.05, 0) is 56.4 Å². The molecule has 0 unspecified atom stereocenters. The van der Waals surface area contributed by atoms with Gasteiger partial charge in [0.1, 0.15) is 11.3 Å². The maximum atomic E-state index is 12.7. The minimum Gasteiger partial charge on any atom is -0.394 e. The Morgan fingerprint density at radius 1 is 1.22 bits per heavy atom. The minimum atomic E-state index is -3.75. The number of nitrogens with one attached hydrogen (secondary N) is 1. The van der Waals surface area contributed by atoms with E-state index in [-0.39, 0.29) is 17.6 Å². The lowest BCUT2D eigenvalue weighted by Gasteiger charge is -2.36. The Morgan fingerprint density at radius 2 is 1.94 bits per heavy atom. The summed E-state index contributed by atoms with van der Waals surface area (Å²) in [6.07, 6.45) is 6.27. The van der Waals surface area contributed by atoms with Crippen molar-refractivity contribution >= 4 is 21.6 Å². The van der Waals surface area contributed by atoms with Crippen molar-refractivity contribution in [2.45, 2.75) is 80.2 Å². The summed E-state index contributed by atoms with van der Waals surface area (Å²) in [6.45, 7) is 0.276. The number of aryl methyl sites for hydroxylation is 1. The Labute approximate surface area is 192 Å². The molecule has 1 aliphatic heterocycles. The zero-order valence-corrected chi connectivity index (χ0v) is 19.3. The molecular formula is C21H29ClN4O5S. The van der Waals surface area contributed by atoms with E-state index in [0.29, 0.717) is 49.4 Å². The first-order valence-corrected chi connectivity index (χ1v) is 12.8. The molecule has 9 nitrogen and oxygen atoms in total. The van der Waals surface area contributed by atoms with Crippen LogP contribution in [-0.4, -0.2) is 58.5 Å². The minimum absolute atomic E-state index is 0.117. The van der Waals surface area contributed by atoms with Crippen LogP contribution in [0.25, 0.3) is 0 Å². The van der Waals surface area contributed by atoms with E-state index in [1.807, 2.05) is 0 Å². The monoisotopic (exact) mass is 484 g/mol. The quantitative estimate of drug-likeness (QED) is 0.522. The fourth-order valence-electron chi connectivity index (χ4n) is 4.47. The Kier molecular flexibility index (Phi) is 7.18. The third-order valence-electron chi connectivity index (χ3n) is 6.35. The highest BCUT2D eigenvalue weighted by atomic mass is 35.5. The van der Waals surface area contributed by atoms with Crippen LogP contribution in [0.15, 0.2) is 35.4 Å². The normalized spacial score (nSPS) is 25.8. The van der Waals surface area contributed by atoms with E-state index in [0.717, 1.165) is 12.8 Å². The van der Waals surface area contributed by atoms with Crippen molar-refractivity contribution in [1.82, 2.24) is 19.7 Å². The first-order chi connectivity index (χ1) is 15.3. The zero-order valence-electron chi connectivity index (χ0n) is 17.7. The molecular weight excluding hydrogens is 456 g/mol. The van der Waals surface area contributed by atoms with Crippen molar-refractivity contribution in [2.24, 2.45) is 0 Å². The summed E-state index contributed by atoms with van der Waals surface area (Å²) < 4.78 is 35.7. The molecule has 1 aliphatic carbocycles. The number of rotatable bonds is 8. The van der Waals surface area contributed by atoms with Crippen LogP contribution in [0.3, 0.4) is 0 Å². The molecule has 4 rings (SSSR count). The van der Waals surface area contributed by atoms with Crippen molar-refractivity contribution in [1.29, 1.82) is 0 Å². The predicted molar refractivity (Wildman–Crippen MR) is 118 cm³/mol. The second-order valence-electron chi connectivity index (χ2n) is 8.63. The van der Waals surface area contributed by atoms with Gasteiger partial charge in [-0.15, -0.1) is 5.10 Å². The summed E-state index contributed by atoms with van der Waals surface area (Å²) >= 11 is 5.84. The van der Waals surface area contributed by atoms with E-state index in [1.54, 1.807) is 10.9 Å². The number of halogens is 1. The molecule has 1 saturated heterocycles. The first kappa shape index (κ1) is 23.6. The molecule has 2 heterocycles. The Morgan fingerprint density at radius 3 is 2.62 bits per heavy atom. The topological polar surface area (TPSA) is 127 Å². The summed E-state index contributed by atoms with van der Waals surface area (Å²) in [7, 11) is -3.75. The molecule has 1 aromatic heterocycles. The van der Waals surface area contributed by atoms with Gasteiger partial charge in [-0.2, -0.15) is 0 Å². The molecule has 3 atom stereocenters. The average Bonchev–Trinajstić information content (AvgIpc) is 3.43. The fraction of sp³-hybridized carbons (Fsp3) is 0.619. The molecule has 3 N–H and O–H groups in total. The third kappa shape index (κ3) is 5.32. The molecule has 2 fully saturated rings. The SMILES string of the molecule is O=S(=O)(N[C@H]1CC[C@H](CCn2cc(C3(O)CCCC3)nn2)O[C@@H]1CO)c1ccc(Cl)cc1. The van der Waals surface area contributed by atoms with Crippen LogP contribution in [0, 0.1) is 0 Å². The van der Waals surface area contributed by atoms with Crippen LogP contribution in [0.4, 0.5) is 0 Å². The van der Waals surface area contributed by atoms with Gasteiger partial charge in [0.05, 0.1) is 35.9 Å². The number of aliphatic hydroxyl groups is 2. The summed E-state index contributed by atoms with van der Waals surface area (Å²) in [6, 6.07) is 5.41. The molecule has 11 heteroatoms. The van der Waals surface area contributed by atoms with Crippen LogP contribution >= 0.6 is 11.6 Å². The van der Waals surface area contributed by atoms with E-state index in [9.17, 15) is 18.6 Å². The van der Waals surface area contributed by atoms with Crippen molar-refractivity contribution < 1.29 is 23.4 Å². The molecule has 176 valence electrons. The Balaban J connectivity index is 1.32. The van der Waals surface area contributed by atoms with Crippen molar-refractivity contribution in [3.05, 3.63) is 41.2 Å².